The standard InChI is InChI=1S/C13H19BrN2S/c1-9-8-16(5-6-17-9)13-4-3-11(10(2)15)7-12(13)14/h3-4,7,9-10H,5-6,8,15H2,1-2H3. The summed E-state index contributed by atoms with van der Waals surface area (Å²) < 4.78 is 1.16. The molecule has 4 heteroatoms. The highest BCUT2D eigenvalue weighted by molar-refractivity contribution is 9.10. The lowest BCUT2D eigenvalue weighted by molar-refractivity contribution is 0.777. The molecule has 94 valence electrons. The number of benzene rings is 1. The van der Waals surface area contributed by atoms with Gasteiger partial charge < -0.3 is 10.6 Å². The minimum absolute atomic E-state index is 0.0937. The molecule has 2 N–H and O–H groups in total. The van der Waals surface area contributed by atoms with Gasteiger partial charge in [0.2, 0.25) is 0 Å². The van der Waals surface area contributed by atoms with E-state index in [0.717, 1.165) is 17.6 Å². The number of hydrogen-bond acceptors (Lipinski definition) is 3. The Labute approximate surface area is 116 Å². The Morgan fingerprint density at radius 2 is 2.29 bits per heavy atom. The predicted octanol–water partition coefficient (Wildman–Crippen LogP) is 3.41. The van der Waals surface area contributed by atoms with Crippen LogP contribution in [-0.4, -0.2) is 24.1 Å². The van der Waals surface area contributed by atoms with Gasteiger partial charge in [-0.25, -0.2) is 0 Å². The molecule has 1 saturated heterocycles. The second kappa shape index (κ2) is 5.63. The molecule has 0 aromatic heterocycles. The molecular weight excluding hydrogens is 296 g/mol. The van der Waals surface area contributed by atoms with Gasteiger partial charge in [-0.3, -0.25) is 0 Å². The van der Waals surface area contributed by atoms with Crippen LogP contribution in [0.2, 0.25) is 0 Å². The third kappa shape index (κ3) is 3.18. The van der Waals surface area contributed by atoms with Crippen LogP contribution >= 0.6 is 27.7 Å². The largest absolute Gasteiger partial charge is 0.369 e. The molecule has 0 spiro atoms. The summed E-state index contributed by atoms with van der Waals surface area (Å²) in [5, 5.41) is 0.712. The van der Waals surface area contributed by atoms with Gasteiger partial charge in [-0.1, -0.05) is 13.0 Å². The van der Waals surface area contributed by atoms with Crippen LogP contribution in [0.3, 0.4) is 0 Å². The van der Waals surface area contributed by atoms with E-state index in [0.29, 0.717) is 5.25 Å². The zero-order chi connectivity index (χ0) is 12.4. The van der Waals surface area contributed by atoms with Gasteiger partial charge in [0.05, 0.1) is 5.69 Å². The summed E-state index contributed by atoms with van der Waals surface area (Å²) in [6.45, 7) is 6.56. The van der Waals surface area contributed by atoms with Crippen LogP contribution in [0, 0.1) is 0 Å². The van der Waals surface area contributed by atoms with E-state index in [4.69, 9.17) is 5.73 Å². The molecule has 0 bridgehead atoms. The van der Waals surface area contributed by atoms with E-state index in [-0.39, 0.29) is 6.04 Å². The SMILES string of the molecule is CC1CN(c2ccc(C(C)N)cc2Br)CCS1. The van der Waals surface area contributed by atoms with E-state index in [2.05, 4.69) is 57.7 Å². The van der Waals surface area contributed by atoms with Gasteiger partial charge in [-0.2, -0.15) is 11.8 Å². The molecular formula is C13H19BrN2S. The number of rotatable bonds is 2. The van der Waals surface area contributed by atoms with Gasteiger partial charge in [-0.15, -0.1) is 0 Å². The zero-order valence-corrected chi connectivity index (χ0v) is 12.7. The average Bonchev–Trinajstić information content (AvgIpc) is 2.28. The number of nitrogens with zero attached hydrogens (tertiary/aromatic N) is 1. The van der Waals surface area contributed by atoms with E-state index < -0.39 is 0 Å². The number of nitrogens with two attached hydrogens (primary N) is 1. The van der Waals surface area contributed by atoms with Gasteiger partial charge >= 0.3 is 0 Å². The summed E-state index contributed by atoms with van der Waals surface area (Å²) in [5.41, 5.74) is 8.37. The maximum Gasteiger partial charge on any atom is 0.0511 e. The predicted molar refractivity (Wildman–Crippen MR) is 80.9 cm³/mol. The molecule has 2 nitrogen and oxygen atoms in total. The van der Waals surface area contributed by atoms with Crippen molar-refractivity contribution in [2.45, 2.75) is 25.1 Å². The van der Waals surface area contributed by atoms with E-state index in [9.17, 15) is 0 Å². The van der Waals surface area contributed by atoms with Crippen molar-refractivity contribution in [1.82, 2.24) is 0 Å². The highest BCUT2D eigenvalue weighted by atomic mass is 79.9. The fourth-order valence-corrected chi connectivity index (χ4v) is 3.76. The smallest absolute Gasteiger partial charge is 0.0511 e. The first-order chi connectivity index (χ1) is 8.08. The fourth-order valence-electron chi connectivity index (χ4n) is 2.10. The lowest BCUT2D eigenvalue weighted by atomic mass is 10.1. The van der Waals surface area contributed by atoms with Gasteiger partial charge in [-0.05, 0) is 40.5 Å². The molecule has 0 saturated carbocycles. The molecule has 2 unspecified atom stereocenters. The number of anilines is 1. The number of halogens is 1. The highest BCUT2D eigenvalue weighted by Crippen LogP contribution is 2.31. The number of thioether (sulfide) groups is 1. The minimum Gasteiger partial charge on any atom is -0.369 e. The first-order valence-corrected chi connectivity index (χ1v) is 7.83. The summed E-state index contributed by atoms with van der Waals surface area (Å²) >= 11 is 5.72. The maximum absolute atomic E-state index is 5.90. The molecule has 17 heavy (non-hydrogen) atoms. The van der Waals surface area contributed by atoms with Crippen molar-refractivity contribution in [3.05, 3.63) is 28.2 Å². The quantitative estimate of drug-likeness (QED) is 0.907. The van der Waals surface area contributed by atoms with Crippen molar-refractivity contribution in [1.29, 1.82) is 0 Å². The van der Waals surface area contributed by atoms with Gasteiger partial charge in [0.25, 0.3) is 0 Å². The van der Waals surface area contributed by atoms with Crippen LogP contribution in [0.5, 0.6) is 0 Å². The van der Waals surface area contributed by atoms with Crippen molar-refractivity contribution >= 4 is 33.4 Å². The Morgan fingerprint density at radius 3 is 2.88 bits per heavy atom. The molecule has 1 aromatic carbocycles. The van der Waals surface area contributed by atoms with Crippen LogP contribution in [0.15, 0.2) is 22.7 Å². The van der Waals surface area contributed by atoms with Crippen molar-refractivity contribution in [2.24, 2.45) is 5.73 Å². The molecule has 0 amide bonds. The highest BCUT2D eigenvalue weighted by Gasteiger charge is 2.19. The first kappa shape index (κ1) is 13.2. The molecule has 2 rings (SSSR count). The summed E-state index contributed by atoms with van der Waals surface area (Å²) in [6, 6.07) is 6.56. The average molecular weight is 315 g/mol. The lowest BCUT2D eigenvalue weighted by Gasteiger charge is -2.33. The van der Waals surface area contributed by atoms with Crippen molar-refractivity contribution in [2.75, 3.05) is 23.7 Å². The van der Waals surface area contributed by atoms with Crippen molar-refractivity contribution in [3.63, 3.8) is 0 Å². The Balaban J connectivity index is 2.21. The number of hydrogen-bond donors (Lipinski definition) is 1. The molecule has 0 radical (unpaired) electrons. The van der Waals surface area contributed by atoms with Crippen molar-refractivity contribution < 1.29 is 0 Å². The lowest BCUT2D eigenvalue weighted by Crippen LogP contribution is -2.36. The summed E-state index contributed by atoms with van der Waals surface area (Å²) in [7, 11) is 0. The summed E-state index contributed by atoms with van der Waals surface area (Å²) in [6.07, 6.45) is 0. The van der Waals surface area contributed by atoms with Crippen LogP contribution in [0.25, 0.3) is 0 Å². The maximum atomic E-state index is 5.90. The van der Waals surface area contributed by atoms with E-state index in [1.54, 1.807) is 0 Å². The van der Waals surface area contributed by atoms with Gasteiger partial charge in [0.1, 0.15) is 0 Å². The Kier molecular flexibility index (Phi) is 4.39. The molecule has 1 aliphatic heterocycles. The van der Waals surface area contributed by atoms with E-state index in [1.165, 1.54) is 17.0 Å². The Hall–Kier alpha value is -0.190. The fraction of sp³-hybridized carbons (Fsp3) is 0.538. The third-order valence-electron chi connectivity index (χ3n) is 3.08. The Bertz CT molecular complexity index is 395. The second-order valence-corrected chi connectivity index (χ2v) is 7.03. The first-order valence-electron chi connectivity index (χ1n) is 5.99. The van der Waals surface area contributed by atoms with Crippen LogP contribution in [0.1, 0.15) is 25.5 Å². The minimum atomic E-state index is 0.0937. The molecule has 1 aromatic rings. The van der Waals surface area contributed by atoms with Crippen LogP contribution in [-0.2, 0) is 0 Å². The van der Waals surface area contributed by atoms with E-state index >= 15 is 0 Å². The normalized spacial score (nSPS) is 22.6. The Morgan fingerprint density at radius 1 is 1.53 bits per heavy atom. The van der Waals surface area contributed by atoms with Gasteiger partial charge in [0, 0.05) is 34.6 Å². The van der Waals surface area contributed by atoms with Gasteiger partial charge in [0.15, 0.2) is 0 Å². The summed E-state index contributed by atoms with van der Waals surface area (Å²) in [5.74, 6) is 1.21. The van der Waals surface area contributed by atoms with Crippen LogP contribution < -0.4 is 10.6 Å². The zero-order valence-electron chi connectivity index (χ0n) is 10.3. The molecule has 0 aliphatic carbocycles. The molecule has 1 fully saturated rings. The monoisotopic (exact) mass is 314 g/mol. The second-order valence-electron chi connectivity index (χ2n) is 4.63. The molecule has 2 atom stereocenters. The topological polar surface area (TPSA) is 29.3 Å². The third-order valence-corrected chi connectivity index (χ3v) is 4.85. The van der Waals surface area contributed by atoms with E-state index in [1.807, 2.05) is 6.92 Å². The molecule has 1 aliphatic rings. The molecule has 1 heterocycles. The van der Waals surface area contributed by atoms with Crippen LogP contribution in [0.4, 0.5) is 5.69 Å². The summed E-state index contributed by atoms with van der Waals surface area (Å²) in [4.78, 5) is 2.45. The van der Waals surface area contributed by atoms with Crippen molar-refractivity contribution in [3.8, 4) is 0 Å².